The van der Waals surface area contributed by atoms with Crippen LogP contribution in [0.25, 0.3) is 0 Å². The molecule has 5 heteroatoms. The Morgan fingerprint density at radius 3 is 2.95 bits per heavy atom. The molecule has 0 unspecified atom stereocenters. The molecule has 0 saturated heterocycles. The number of rotatable bonds is 4. The minimum Gasteiger partial charge on any atom is -0.294 e. The van der Waals surface area contributed by atoms with Crippen LogP contribution >= 0.6 is 0 Å². The van der Waals surface area contributed by atoms with E-state index in [9.17, 15) is 0 Å². The average molecular weight is 285 g/mol. The minimum absolute atomic E-state index is 0.874. The topological polar surface area (TPSA) is 46.8 Å². The summed E-state index contributed by atoms with van der Waals surface area (Å²) in [6.45, 7) is 10.2. The molecule has 5 nitrogen and oxygen atoms in total. The molecule has 0 fully saturated rings. The van der Waals surface area contributed by atoms with E-state index in [1.165, 1.54) is 16.8 Å². The predicted octanol–water partition coefficient (Wildman–Crippen LogP) is 2.26. The van der Waals surface area contributed by atoms with E-state index in [-0.39, 0.29) is 0 Å². The highest BCUT2D eigenvalue weighted by atomic mass is 15.3. The molecule has 1 aliphatic heterocycles. The lowest BCUT2D eigenvalue weighted by Gasteiger charge is -2.27. The van der Waals surface area contributed by atoms with E-state index in [2.05, 4.69) is 44.7 Å². The fourth-order valence-corrected chi connectivity index (χ4v) is 2.91. The zero-order valence-electron chi connectivity index (χ0n) is 13.1. The number of nitrogens with zero attached hydrogens (tertiary/aromatic N) is 5. The van der Waals surface area contributed by atoms with Gasteiger partial charge in [-0.2, -0.15) is 5.10 Å². The minimum atomic E-state index is 0.874. The van der Waals surface area contributed by atoms with Gasteiger partial charge in [0.2, 0.25) is 0 Å². The Morgan fingerprint density at radius 1 is 1.29 bits per heavy atom. The van der Waals surface area contributed by atoms with E-state index >= 15 is 0 Å². The fourth-order valence-electron chi connectivity index (χ4n) is 2.91. The van der Waals surface area contributed by atoms with Gasteiger partial charge in [0.15, 0.2) is 0 Å². The van der Waals surface area contributed by atoms with Crippen LogP contribution in [-0.4, -0.2) is 31.2 Å². The van der Waals surface area contributed by atoms with E-state index in [4.69, 9.17) is 0 Å². The van der Waals surface area contributed by atoms with Crippen LogP contribution in [0.15, 0.2) is 12.4 Å². The first-order chi connectivity index (χ1) is 10.2. The van der Waals surface area contributed by atoms with E-state index in [1.807, 2.05) is 13.1 Å². The van der Waals surface area contributed by atoms with Crippen LogP contribution in [0.4, 0.5) is 0 Å². The maximum absolute atomic E-state index is 4.59. The Balaban J connectivity index is 1.71. The van der Waals surface area contributed by atoms with Crippen LogP contribution in [0.3, 0.4) is 0 Å². The molecule has 0 amide bonds. The molecule has 3 rings (SSSR count). The molecule has 21 heavy (non-hydrogen) atoms. The summed E-state index contributed by atoms with van der Waals surface area (Å²) in [5.74, 6) is 0.874. The van der Waals surface area contributed by atoms with Crippen molar-refractivity contribution in [3.8, 4) is 0 Å². The van der Waals surface area contributed by atoms with Gasteiger partial charge in [-0.15, -0.1) is 0 Å². The summed E-state index contributed by atoms with van der Waals surface area (Å²) in [7, 11) is 0. The Morgan fingerprint density at radius 2 is 2.14 bits per heavy atom. The highest BCUT2D eigenvalue weighted by Gasteiger charge is 2.19. The maximum atomic E-state index is 4.59. The number of aryl methyl sites for hydroxylation is 3. The van der Waals surface area contributed by atoms with Crippen LogP contribution in [0, 0.1) is 13.8 Å². The first kappa shape index (κ1) is 14.2. The first-order valence-corrected chi connectivity index (χ1v) is 7.72. The second kappa shape index (κ2) is 5.93. The van der Waals surface area contributed by atoms with Crippen molar-refractivity contribution in [3.05, 3.63) is 40.7 Å². The van der Waals surface area contributed by atoms with Gasteiger partial charge in [0.05, 0.1) is 5.69 Å². The molecule has 3 heterocycles. The van der Waals surface area contributed by atoms with Crippen molar-refractivity contribution >= 4 is 0 Å². The third kappa shape index (κ3) is 3.13. The number of fused-ring (bicyclic) bond motifs is 1. The molecule has 0 atom stereocenters. The molecule has 2 aromatic heterocycles. The van der Waals surface area contributed by atoms with Crippen molar-refractivity contribution in [2.75, 3.05) is 6.54 Å². The van der Waals surface area contributed by atoms with Crippen molar-refractivity contribution in [2.45, 2.75) is 53.2 Å². The van der Waals surface area contributed by atoms with Gasteiger partial charge in [-0.05, 0) is 20.3 Å². The van der Waals surface area contributed by atoms with Crippen molar-refractivity contribution in [3.63, 3.8) is 0 Å². The van der Waals surface area contributed by atoms with Gasteiger partial charge in [-0.3, -0.25) is 9.58 Å². The SMILES string of the molecule is CCCn1cc(CN2CCc3nc(C)ncc3C2)c(C)n1. The lowest BCUT2D eigenvalue weighted by Crippen LogP contribution is -2.31. The van der Waals surface area contributed by atoms with E-state index in [0.717, 1.165) is 50.5 Å². The number of hydrogen-bond donors (Lipinski definition) is 0. The standard InChI is InChI=1S/C16H23N5/c1-4-6-21-11-15(12(2)19-21)10-20-7-5-16-14(9-20)8-17-13(3)18-16/h8,11H,4-7,9-10H2,1-3H3. The molecular weight excluding hydrogens is 262 g/mol. The highest BCUT2D eigenvalue weighted by Crippen LogP contribution is 2.19. The largest absolute Gasteiger partial charge is 0.294 e. The van der Waals surface area contributed by atoms with E-state index in [1.54, 1.807) is 0 Å². The van der Waals surface area contributed by atoms with Crippen molar-refractivity contribution < 1.29 is 0 Å². The van der Waals surface area contributed by atoms with Crippen LogP contribution in [-0.2, 0) is 26.1 Å². The monoisotopic (exact) mass is 285 g/mol. The average Bonchev–Trinajstić information content (AvgIpc) is 2.79. The molecule has 0 radical (unpaired) electrons. The highest BCUT2D eigenvalue weighted by molar-refractivity contribution is 5.22. The summed E-state index contributed by atoms with van der Waals surface area (Å²) in [6, 6.07) is 0. The molecule has 0 saturated carbocycles. The van der Waals surface area contributed by atoms with Crippen molar-refractivity contribution in [1.82, 2.24) is 24.6 Å². The van der Waals surface area contributed by atoms with Gasteiger partial charge in [0.25, 0.3) is 0 Å². The quantitative estimate of drug-likeness (QED) is 0.864. The Bertz CT molecular complexity index is 632. The van der Waals surface area contributed by atoms with Gasteiger partial charge in [-0.25, -0.2) is 9.97 Å². The van der Waals surface area contributed by atoms with Gasteiger partial charge >= 0.3 is 0 Å². The zero-order valence-corrected chi connectivity index (χ0v) is 13.1. The predicted molar refractivity (Wildman–Crippen MR) is 81.8 cm³/mol. The third-order valence-corrected chi connectivity index (χ3v) is 4.03. The molecule has 0 bridgehead atoms. The zero-order chi connectivity index (χ0) is 14.8. The summed E-state index contributed by atoms with van der Waals surface area (Å²) in [5.41, 5.74) is 4.97. The number of hydrogen-bond acceptors (Lipinski definition) is 4. The first-order valence-electron chi connectivity index (χ1n) is 7.72. The van der Waals surface area contributed by atoms with Crippen LogP contribution in [0.5, 0.6) is 0 Å². The third-order valence-electron chi connectivity index (χ3n) is 4.03. The fraction of sp³-hybridized carbons (Fsp3) is 0.562. The Labute approximate surface area is 126 Å². The molecule has 0 N–H and O–H groups in total. The van der Waals surface area contributed by atoms with Crippen LogP contribution < -0.4 is 0 Å². The molecule has 0 aromatic carbocycles. The lowest BCUT2D eigenvalue weighted by atomic mass is 10.1. The van der Waals surface area contributed by atoms with Gasteiger partial charge < -0.3 is 0 Å². The summed E-state index contributed by atoms with van der Waals surface area (Å²) in [4.78, 5) is 11.3. The summed E-state index contributed by atoms with van der Waals surface area (Å²) >= 11 is 0. The maximum Gasteiger partial charge on any atom is 0.125 e. The van der Waals surface area contributed by atoms with Crippen LogP contribution in [0.1, 0.15) is 41.7 Å². The molecular formula is C16H23N5. The Hall–Kier alpha value is -1.75. The molecule has 2 aromatic rings. The number of aromatic nitrogens is 4. The lowest BCUT2D eigenvalue weighted by molar-refractivity contribution is 0.242. The Kier molecular flexibility index (Phi) is 4.01. The van der Waals surface area contributed by atoms with E-state index in [0.29, 0.717) is 0 Å². The second-order valence-electron chi connectivity index (χ2n) is 5.85. The molecule has 0 spiro atoms. The summed E-state index contributed by atoms with van der Waals surface area (Å²) in [6.07, 6.45) is 6.31. The molecule has 1 aliphatic rings. The second-order valence-corrected chi connectivity index (χ2v) is 5.85. The smallest absolute Gasteiger partial charge is 0.125 e. The normalized spacial score (nSPS) is 15.2. The van der Waals surface area contributed by atoms with E-state index < -0.39 is 0 Å². The van der Waals surface area contributed by atoms with Gasteiger partial charge in [-0.1, -0.05) is 6.92 Å². The summed E-state index contributed by atoms with van der Waals surface area (Å²) in [5, 5.41) is 4.59. The molecule has 0 aliphatic carbocycles. The van der Waals surface area contributed by atoms with Gasteiger partial charge in [0.1, 0.15) is 5.82 Å². The van der Waals surface area contributed by atoms with Gasteiger partial charge in [0, 0.05) is 61.8 Å². The van der Waals surface area contributed by atoms with Crippen LogP contribution in [0.2, 0.25) is 0 Å². The summed E-state index contributed by atoms with van der Waals surface area (Å²) < 4.78 is 2.06. The molecule has 112 valence electrons. The van der Waals surface area contributed by atoms with Crippen molar-refractivity contribution in [2.24, 2.45) is 0 Å². The van der Waals surface area contributed by atoms with Crippen molar-refractivity contribution in [1.29, 1.82) is 0 Å².